The molecule has 0 aliphatic carbocycles. The number of hydrogen-bond acceptors (Lipinski definition) is 5. The van der Waals surface area contributed by atoms with E-state index in [1.54, 1.807) is 6.20 Å². The van der Waals surface area contributed by atoms with Gasteiger partial charge in [0.05, 0.1) is 5.56 Å². The number of hydrogen-bond donors (Lipinski definition) is 2. The third-order valence-electron chi connectivity index (χ3n) is 4.73. The monoisotopic (exact) mass is 398 g/mol. The molecule has 6 nitrogen and oxygen atoms in total. The van der Waals surface area contributed by atoms with E-state index >= 15 is 0 Å². The molecule has 2 aromatic heterocycles. The second-order valence-electron chi connectivity index (χ2n) is 6.80. The van der Waals surface area contributed by atoms with Gasteiger partial charge in [-0.15, -0.1) is 0 Å². The lowest BCUT2D eigenvalue weighted by Gasteiger charge is -2.08. The minimum Gasteiger partial charge on any atom is -0.368 e. The van der Waals surface area contributed by atoms with Gasteiger partial charge in [0.1, 0.15) is 17.3 Å². The van der Waals surface area contributed by atoms with Gasteiger partial charge in [-0.25, -0.2) is 4.98 Å². The number of rotatable bonds is 7. The smallest absolute Gasteiger partial charge is 0.251 e. The molecule has 0 unspecified atom stereocenters. The molecule has 0 aliphatic rings. The highest BCUT2D eigenvalue weighted by Crippen LogP contribution is 2.34. The van der Waals surface area contributed by atoms with E-state index in [9.17, 15) is 4.79 Å². The maximum Gasteiger partial charge on any atom is 0.251 e. The van der Waals surface area contributed by atoms with Crippen LogP contribution in [0, 0.1) is 6.92 Å². The van der Waals surface area contributed by atoms with Crippen molar-refractivity contribution in [1.29, 1.82) is 0 Å². The zero-order chi connectivity index (χ0) is 20.8. The van der Waals surface area contributed by atoms with Crippen LogP contribution in [-0.4, -0.2) is 29.1 Å². The van der Waals surface area contributed by atoms with Gasteiger partial charge >= 0.3 is 0 Å². The molecule has 2 N–H and O–H groups in total. The summed E-state index contributed by atoms with van der Waals surface area (Å²) in [5.74, 6) is 1.41. The van der Waals surface area contributed by atoms with Crippen molar-refractivity contribution in [2.24, 2.45) is 0 Å². The molecule has 150 valence electrons. The molecule has 0 atom stereocenters. The van der Waals surface area contributed by atoms with Crippen LogP contribution in [0.1, 0.15) is 16.1 Å². The number of carbonyl (C=O) groups excluding carboxylic acids is 1. The van der Waals surface area contributed by atoms with E-state index in [1.165, 1.54) is 0 Å². The Morgan fingerprint density at radius 1 is 0.900 bits per heavy atom. The van der Waals surface area contributed by atoms with Crippen molar-refractivity contribution in [2.45, 2.75) is 6.92 Å². The van der Waals surface area contributed by atoms with Gasteiger partial charge in [-0.1, -0.05) is 53.7 Å². The highest BCUT2D eigenvalue weighted by Gasteiger charge is 2.17. The van der Waals surface area contributed by atoms with Crippen LogP contribution in [0.15, 0.2) is 83.5 Å². The molecule has 2 aromatic carbocycles. The van der Waals surface area contributed by atoms with Gasteiger partial charge in [0.15, 0.2) is 0 Å². The quantitative estimate of drug-likeness (QED) is 0.446. The Morgan fingerprint density at radius 3 is 2.40 bits per heavy atom. The zero-order valence-corrected chi connectivity index (χ0v) is 16.6. The Hall–Kier alpha value is -3.93. The Morgan fingerprint density at radius 2 is 1.67 bits per heavy atom. The van der Waals surface area contributed by atoms with Crippen molar-refractivity contribution in [3.05, 3.63) is 90.3 Å². The molecule has 0 radical (unpaired) electrons. The highest BCUT2D eigenvalue weighted by molar-refractivity contribution is 5.95. The first-order valence-corrected chi connectivity index (χ1v) is 9.77. The summed E-state index contributed by atoms with van der Waals surface area (Å²) >= 11 is 0. The summed E-state index contributed by atoms with van der Waals surface area (Å²) < 4.78 is 5.44. The van der Waals surface area contributed by atoms with Crippen LogP contribution >= 0.6 is 0 Å². The molecular weight excluding hydrogens is 376 g/mol. The number of carbonyl (C=O) groups is 1. The maximum absolute atomic E-state index is 12.4. The predicted octanol–water partition coefficient (Wildman–Crippen LogP) is 4.55. The second-order valence-corrected chi connectivity index (χ2v) is 6.80. The molecule has 0 saturated carbocycles. The summed E-state index contributed by atoms with van der Waals surface area (Å²) in [5, 5.41) is 10.3. The first-order valence-electron chi connectivity index (χ1n) is 9.77. The number of pyridine rings is 1. The van der Waals surface area contributed by atoms with E-state index in [1.807, 2.05) is 79.7 Å². The molecule has 0 spiro atoms. The fourth-order valence-electron chi connectivity index (χ4n) is 3.23. The van der Waals surface area contributed by atoms with Gasteiger partial charge in [0.25, 0.3) is 5.91 Å². The summed E-state index contributed by atoms with van der Waals surface area (Å²) in [6.07, 6.45) is 1.73. The lowest BCUT2D eigenvalue weighted by Crippen LogP contribution is -2.28. The fourth-order valence-corrected chi connectivity index (χ4v) is 3.23. The van der Waals surface area contributed by atoms with Crippen LogP contribution in [0.4, 0.5) is 5.82 Å². The van der Waals surface area contributed by atoms with Crippen LogP contribution in [0.3, 0.4) is 0 Å². The fraction of sp³-hybridized carbons (Fsp3) is 0.125. The van der Waals surface area contributed by atoms with E-state index in [0.717, 1.165) is 34.0 Å². The summed E-state index contributed by atoms with van der Waals surface area (Å²) in [5.41, 5.74) is 4.29. The number of benzene rings is 2. The van der Waals surface area contributed by atoms with E-state index in [4.69, 9.17) is 4.52 Å². The summed E-state index contributed by atoms with van der Waals surface area (Å²) in [4.78, 5) is 16.6. The normalized spacial score (nSPS) is 10.6. The number of anilines is 1. The Balaban J connectivity index is 1.41. The first kappa shape index (κ1) is 19.4. The van der Waals surface area contributed by atoms with Gasteiger partial charge in [0.2, 0.25) is 0 Å². The number of aromatic nitrogens is 2. The molecule has 0 bridgehead atoms. The van der Waals surface area contributed by atoms with Crippen molar-refractivity contribution >= 4 is 11.7 Å². The number of aryl methyl sites for hydroxylation is 1. The van der Waals surface area contributed by atoms with Crippen molar-refractivity contribution in [2.75, 3.05) is 18.4 Å². The second kappa shape index (κ2) is 9.05. The summed E-state index contributed by atoms with van der Waals surface area (Å²) in [6, 6.07) is 23.1. The lowest BCUT2D eigenvalue weighted by molar-refractivity contribution is 0.0955. The average molecular weight is 398 g/mol. The Bertz CT molecular complexity index is 1110. The number of amides is 1. The van der Waals surface area contributed by atoms with Crippen LogP contribution < -0.4 is 10.6 Å². The topological polar surface area (TPSA) is 80.0 Å². The van der Waals surface area contributed by atoms with E-state index < -0.39 is 0 Å². The summed E-state index contributed by atoms with van der Waals surface area (Å²) in [6.45, 7) is 2.99. The van der Waals surface area contributed by atoms with Gasteiger partial charge in [0, 0.05) is 30.4 Å². The SMILES string of the molecule is Cc1onc(-c2ccccc2)c1-c1ccc(C(=O)NCCNc2ccccn2)cc1. The van der Waals surface area contributed by atoms with Gasteiger partial charge in [-0.3, -0.25) is 4.79 Å². The molecule has 0 saturated heterocycles. The first-order chi connectivity index (χ1) is 14.7. The molecule has 30 heavy (non-hydrogen) atoms. The molecule has 0 aliphatic heterocycles. The molecule has 2 heterocycles. The molecule has 4 rings (SSSR count). The minimum atomic E-state index is -0.116. The van der Waals surface area contributed by atoms with E-state index in [-0.39, 0.29) is 5.91 Å². The zero-order valence-electron chi connectivity index (χ0n) is 16.6. The molecule has 6 heteroatoms. The van der Waals surface area contributed by atoms with E-state index in [2.05, 4.69) is 20.8 Å². The van der Waals surface area contributed by atoms with Crippen molar-refractivity contribution in [3.63, 3.8) is 0 Å². The van der Waals surface area contributed by atoms with Crippen molar-refractivity contribution < 1.29 is 9.32 Å². The van der Waals surface area contributed by atoms with Gasteiger partial charge in [-0.05, 0) is 36.8 Å². The van der Waals surface area contributed by atoms with Crippen LogP contribution in [0.25, 0.3) is 22.4 Å². The van der Waals surface area contributed by atoms with Crippen LogP contribution in [0.2, 0.25) is 0 Å². The van der Waals surface area contributed by atoms with Crippen molar-refractivity contribution in [3.8, 4) is 22.4 Å². The Kier molecular flexibility index (Phi) is 5.85. The highest BCUT2D eigenvalue weighted by atomic mass is 16.5. The summed E-state index contributed by atoms with van der Waals surface area (Å²) in [7, 11) is 0. The minimum absolute atomic E-state index is 0.116. The van der Waals surface area contributed by atoms with Crippen LogP contribution in [0.5, 0.6) is 0 Å². The molecule has 1 amide bonds. The van der Waals surface area contributed by atoms with Gasteiger partial charge in [-0.2, -0.15) is 0 Å². The number of nitrogens with zero attached hydrogens (tertiary/aromatic N) is 2. The predicted molar refractivity (Wildman–Crippen MR) is 117 cm³/mol. The maximum atomic E-state index is 12.4. The largest absolute Gasteiger partial charge is 0.368 e. The average Bonchev–Trinajstić information content (AvgIpc) is 3.19. The van der Waals surface area contributed by atoms with Gasteiger partial charge < -0.3 is 15.2 Å². The molecular formula is C24H22N4O2. The molecule has 0 fully saturated rings. The Labute approximate surface area is 175 Å². The van der Waals surface area contributed by atoms with E-state index in [0.29, 0.717) is 18.7 Å². The molecule has 4 aromatic rings. The standard InChI is InChI=1S/C24H22N4O2/c1-17-22(23(28-30-17)19-7-3-2-4-8-19)18-10-12-20(13-11-18)24(29)27-16-15-26-21-9-5-6-14-25-21/h2-14H,15-16H2,1H3,(H,25,26)(H,27,29). The van der Waals surface area contributed by atoms with Crippen molar-refractivity contribution in [1.82, 2.24) is 15.5 Å². The third-order valence-corrected chi connectivity index (χ3v) is 4.73. The van der Waals surface area contributed by atoms with Crippen LogP contribution in [-0.2, 0) is 0 Å². The lowest BCUT2D eigenvalue weighted by atomic mass is 9.98. The number of nitrogens with one attached hydrogen (secondary N) is 2. The third kappa shape index (κ3) is 4.38.